The number of rotatable bonds is 7. The third-order valence-corrected chi connectivity index (χ3v) is 4.12. The van der Waals surface area contributed by atoms with Crippen LogP contribution in [-0.2, 0) is 11.2 Å². The smallest absolute Gasteiger partial charge is 0.240 e. The topological polar surface area (TPSA) is 79.4 Å². The second-order valence-corrected chi connectivity index (χ2v) is 6.19. The third-order valence-electron chi connectivity index (χ3n) is 4.12. The predicted molar refractivity (Wildman–Crippen MR) is 105 cm³/mol. The van der Waals surface area contributed by atoms with Gasteiger partial charge in [0, 0.05) is 12.1 Å². The summed E-state index contributed by atoms with van der Waals surface area (Å²) < 4.78 is 5.79. The van der Waals surface area contributed by atoms with Crippen molar-refractivity contribution in [3.8, 4) is 11.5 Å². The van der Waals surface area contributed by atoms with Crippen molar-refractivity contribution < 1.29 is 9.53 Å². The summed E-state index contributed by atoms with van der Waals surface area (Å²) in [5.74, 6) is 1.34. The Morgan fingerprint density at radius 2 is 1.93 bits per heavy atom. The standard InChI is InChI=1S/C21H22N4O2/c1-15-20(16(2)24-23-15)11-12-21(26)25-22-14-17-7-6-10-19(13-17)27-18-8-4-3-5-9-18/h3-10,13-14H,11-12H2,1-2H3,(H,23,24)(H,25,26)/b22-14-. The van der Waals surface area contributed by atoms with E-state index >= 15 is 0 Å². The number of aromatic nitrogens is 2. The van der Waals surface area contributed by atoms with E-state index < -0.39 is 0 Å². The third kappa shape index (κ3) is 5.28. The molecule has 1 heterocycles. The van der Waals surface area contributed by atoms with E-state index in [1.54, 1.807) is 6.21 Å². The summed E-state index contributed by atoms with van der Waals surface area (Å²) in [5.41, 5.74) is 6.41. The van der Waals surface area contributed by atoms with Crippen molar-refractivity contribution in [1.29, 1.82) is 0 Å². The molecule has 0 radical (unpaired) electrons. The summed E-state index contributed by atoms with van der Waals surface area (Å²) in [4.78, 5) is 12.0. The molecule has 3 aromatic rings. The number of nitrogens with one attached hydrogen (secondary N) is 2. The van der Waals surface area contributed by atoms with Crippen LogP contribution in [0.25, 0.3) is 0 Å². The summed E-state index contributed by atoms with van der Waals surface area (Å²) in [6.45, 7) is 3.88. The van der Waals surface area contributed by atoms with Crippen LogP contribution in [0, 0.1) is 13.8 Å². The molecule has 2 N–H and O–H groups in total. The minimum Gasteiger partial charge on any atom is -0.457 e. The van der Waals surface area contributed by atoms with Crippen LogP contribution in [0.2, 0.25) is 0 Å². The molecule has 1 aromatic heterocycles. The molecule has 2 aromatic carbocycles. The van der Waals surface area contributed by atoms with E-state index in [4.69, 9.17) is 4.74 Å². The van der Waals surface area contributed by atoms with Gasteiger partial charge in [0.2, 0.25) is 5.91 Å². The van der Waals surface area contributed by atoms with Gasteiger partial charge in [-0.3, -0.25) is 9.89 Å². The molecule has 0 aliphatic carbocycles. The molecule has 27 heavy (non-hydrogen) atoms. The summed E-state index contributed by atoms with van der Waals surface area (Å²) in [6, 6.07) is 17.1. The monoisotopic (exact) mass is 362 g/mol. The molecule has 0 spiro atoms. The minimum absolute atomic E-state index is 0.136. The summed E-state index contributed by atoms with van der Waals surface area (Å²) in [6.07, 6.45) is 2.59. The largest absolute Gasteiger partial charge is 0.457 e. The number of hydrogen-bond donors (Lipinski definition) is 2. The number of ether oxygens (including phenoxy) is 1. The van der Waals surface area contributed by atoms with Crippen LogP contribution in [0.3, 0.4) is 0 Å². The quantitative estimate of drug-likeness (QED) is 0.494. The summed E-state index contributed by atoms with van der Waals surface area (Å²) in [7, 11) is 0. The van der Waals surface area contributed by atoms with Crippen LogP contribution in [-0.4, -0.2) is 22.3 Å². The van der Waals surface area contributed by atoms with Crippen molar-refractivity contribution in [2.24, 2.45) is 5.10 Å². The highest BCUT2D eigenvalue weighted by atomic mass is 16.5. The zero-order valence-electron chi connectivity index (χ0n) is 15.4. The highest BCUT2D eigenvalue weighted by molar-refractivity contribution is 5.82. The first kappa shape index (κ1) is 18.4. The van der Waals surface area contributed by atoms with Crippen molar-refractivity contribution in [3.05, 3.63) is 77.1 Å². The Morgan fingerprint density at radius 1 is 1.15 bits per heavy atom. The molecule has 1 amide bonds. The fourth-order valence-corrected chi connectivity index (χ4v) is 2.70. The zero-order valence-corrected chi connectivity index (χ0v) is 15.4. The fourth-order valence-electron chi connectivity index (χ4n) is 2.70. The van der Waals surface area contributed by atoms with Crippen LogP contribution < -0.4 is 10.2 Å². The molecule has 138 valence electrons. The lowest BCUT2D eigenvalue weighted by molar-refractivity contribution is -0.121. The minimum atomic E-state index is -0.136. The second-order valence-electron chi connectivity index (χ2n) is 6.19. The maximum Gasteiger partial charge on any atom is 0.240 e. The lowest BCUT2D eigenvalue weighted by Gasteiger charge is -2.05. The summed E-state index contributed by atoms with van der Waals surface area (Å²) >= 11 is 0. The highest BCUT2D eigenvalue weighted by Gasteiger charge is 2.08. The van der Waals surface area contributed by atoms with E-state index in [1.165, 1.54) is 0 Å². The maximum absolute atomic E-state index is 12.0. The summed E-state index contributed by atoms with van der Waals surface area (Å²) in [5, 5.41) is 11.1. The van der Waals surface area contributed by atoms with Gasteiger partial charge in [0.15, 0.2) is 0 Å². The Morgan fingerprint density at radius 3 is 2.67 bits per heavy atom. The molecule has 6 nitrogen and oxygen atoms in total. The molecule has 0 saturated carbocycles. The molecule has 0 unspecified atom stereocenters. The lowest BCUT2D eigenvalue weighted by Crippen LogP contribution is -2.18. The number of benzene rings is 2. The zero-order chi connectivity index (χ0) is 19.1. The maximum atomic E-state index is 12.0. The van der Waals surface area contributed by atoms with Gasteiger partial charge < -0.3 is 4.74 Å². The van der Waals surface area contributed by atoms with Gasteiger partial charge >= 0.3 is 0 Å². The van der Waals surface area contributed by atoms with Gasteiger partial charge in [-0.1, -0.05) is 30.3 Å². The average Bonchev–Trinajstić information content (AvgIpc) is 2.99. The van der Waals surface area contributed by atoms with Gasteiger partial charge in [-0.2, -0.15) is 10.2 Å². The Balaban J connectivity index is 1.52. The first-order valence-electron chi connectivity index (χ1n) is 8.77. The van der Waals surface area contributed by atoms with Crippen LogP contribution >= 0.6 is 0 Å². The number of nitrogens with zero attached hydrogens (tertiary/aromatic N) is 2. The van der Waals surface area contributed by atoms with Gasteiger partial charge in [0.05, 0.1) is 11.9 Å². The van der Waals surface area contributed by atoms with Crippen molar-refractivity contribution in [2.75, 3.05) is 0 Å². The fraction of sp³-hybridized carbons (Fsp3) is 0.190. The van der Waals surface area contributed by atoms with E-state index in [9.17, 15) is 4.79 Å². The van der Waals surface area contributed by atoms with Gasteiger partial charge in [0.1, 0.15) is 11.5 Å². The normalized spacial score (nSPS) is 10.9. The number of carbonyl (C=O) groups is 1. The molecular formula is C21H22N4O2. The number of aromatic amines is 1. The van der Waals surface area contributed by atoms with E-state index in [0.29, 0.717) is 18.6 Å². The number of hydrazone groups is 1. The number of carbonyl (C=O) groups excluding carboxylic acids is 1. The van der Waals surface area contributed by atoms with E-state index in [2.05, 4.69) is 20.7 Å². The molecule has 0 atom stereocenters. The van der Waals surface area contributed by atoms with Gasteiger partial charge in [-0.15, -0.1) is 0 Å². The molecule has 0 aliphatic rings. The van der Waals surface area contributed by atoms with Crippen LogP contribution in [0.4, 0.5) is 0 Å². The Hall–Kier alpha value is -3.41. The Labute approximate surface area is 158 Å². The van der Waals surface area contributed by atoms with Gasteiger partial charge in [-0.25, -0.2) is 5.43 Å². The first-order valence-corrected chi connectivity index (χ1v) is 8.77. The molecule has 3 rings (SSSR count). The average molecular weight is 362 g/mol. The highest BCUT2D eigenvalue weighted by Crippen LogP contribution is 2.21. The Kier molecular flexibility index (Phi) is 5.99. The van der Waals surface area contributed by atoms with E-state index in [0.717, 1.165) is 28.3 Å². The molecule has 0 fully saturated rings. The Bertz CT molecular complexity index is 913. The van der Waals surface area contributed by atoms with Crippen LogP contribution in [0.1, 0.15) is 28.9 Å². The SMILES string of the molecule is Cc1n[nH]c(C)c1CCC(=O)N/N=C\c1cccc(Oc2ccccc2)c1. The van der Waals surface area contributed by atoms with E-state index in [-0.39, 0.29) is 5.91 Å². The predicted octanol–water partition coefficient (Wildman–Crippen LogP) is 3.90. The van der Waals surface area contributed by atoms with E-state index in [1.807, 2.05) is 68.4 Å². The van der Waals surface area contributed by atoms with Crippen molar-refractivity contribution in [1.82, 2.24) is 15.6 Å². The number of amides is 1. The lowest BCUT2D eigenvalue weighted by atomic mass is 10.1. The molecule has 6 heteroatoms. The van der Waals surface area contributed by atoms with Crippen molar-refractivity contribution in [3.63, 3.8) is 0 Å². The second kappa shape index (κ2) is 8.80. The van der Waals surface area contributed by atoms with Gasteiger partial charge in [-0.05, 0) is 55.7 Å². The number of hydrogen-bond acceptors (Lipinski definition) is 4. The molecule has 0 aliphatic heterocycles. The number of aryl methyl sites for hydroxylation is 2. The van der Waals surface area contributed by atoms with Crippen LogP contribution in [0.5, 0.6) is 11.5 Å². The molecular weight excluding hydrogens is 340 g/mol. The van der Waals surface area contributed by atoms with Gasteiger partial charge in [0.25, 0.3) is 0 Å². The number of para-hydroxylation sites is 1. The molecule has 0 saturated heterocycles. The molecule has 0 bridgehead atoms. The first-order chi connectivity index (χ1) is 13.1. The van der Waals surface area contributed by atoms with Crippen molar-refractivity contribution in [2.45, 2.75) is 26.7 Å². The van der Waals surface area contributed by atoms with Crippen LogP contribution in [0.15, 0.2) is 59.7 Å². The number of H-pyrrole nitrogens is 1. The van der Waals surface area contributed by atoms with Crippen molar-refractivity contribution >= 4 is 12.1 Å².